The maximum Gasteiger partial charge on any atom is 0.0210 e. The molecule has 82 valence electrons. The Kier molecular flexibility index (Phi) is 3.47. The van der Waals surface area contributed by atoms with Crippen LogP contribution in [0.3, 0.4) is 0 Å². The fourth-order valence-electron chi connectivity index (χ4n) is 2.74. The summed E-state index contributed by atoms with van der Waals surface area (Å²) in [7, 11) is 2.07. The molecular formula is C13H18BrN. The van der Waals surface area contributed by atoms with E-state index < -0.39 is 0 Å². The van der Waals surface area contributed by atoms with Crippen molar-refractivity contribution in [3.8, 4) is 0 Å². The molecular weight excluding hydrogens is 250 g/mol. The number of nitrogens with one attached hydrogen (secondary N) is 1. The van der Waals surface area contributed by atoms with Gasteiger partial charge in [-0.1, -0.05) is 47.5 Å². The predicted molar refractivity (Wildman–Crippen MR) is 68.1 cm³/mol. The highest BCUT2D eigenvalue weighted by molar-refractivity contribution is 9.10. The van der Waals surface area contributed by atoms with Crippen LogP contribution >= 0.6 is 15.9 Å². The van der Waals surface area contributed by atoms with E-state index >= 15 is 0 Å². The second-order valence-electron chi connectivity index (χ2n) is 4.33. The molecule has 3 unspecified atom stereocenters. The van der Waals surface area contributed by atoms with E-state index in [2.05, 4.69) is 59.5 Å². The minimum Gasteiger partial charge on any atom is -0.317 e. The van der Waals surface area contributed by atoms with Gasteiger partial charge in [-0.05, 0) is 36.9 Å². The highest BCUT2D eigenvalue weighted by Gasteiger charge is 2.39. The normalized spacial score (nSPS) is 29.9. The molecule has 0 bridgehead atoms. The fraction of sp³-hybridized carbons (Fsp3) is 0.538. The Morgan fingerprint density at radius 3 is 2.73 bits per heavy atom. The molecule has 1 aliphatic carbocycles. The molecule has 0 aromatic heterocycles. The van der Waals surface area contributed by atoms with Gasteiger partial charge in [-0.2, -0.15) is 0 Å². The monoisotopic (exact) mass is 267 g/mol. The first-order valence-electron chi connectivity index (χ1n) is 5.69. The fourth-order valence-corrected chi connectivity index (χ4v) is 3.32. The Morgan fingerprint density at radius 1 is 1.40 bits per heavy atom. The van der Waals surface area contributed by atoms with E-state index in [9.17, 15) is 0 Å². The molecule has 0 amide bonds. The van der Waals surface area contributed by atoms with Gasteiger partial charge in [0.15, 0.2) is 0 Å². The summed E-state index contributed by atoms with van der Waals surface area (Å²) >= 11 is 3.65. The smallest absolute Gasteiger partial charge is 0.0210 e. The molecule has 2 heteroatoms. The van der Waals surface area contributed by atoms with Crippen molar-refractivity contribution >= 4 is 15.9 Å². The van der Waals surface area contributed by atoms with E-state index in [0.717, 1.165) is 11.8 Å². The highest BCUT2D eigenvalue weighted by atomic mass is 79.9. The Hall–Kier alpha value is -0.340. The summed E-state index contributed by atoms with van der Waals surface area (Å²) in [5.41, 5.74) is 1.48. The standard InChI is InChI=1S/C13H18BrN/c1-3-9-11(8-13(9)15-2)10-6-4-5-7-12(10)14/h4-7,9,11,13,15H,3,8H2,1-2H3. The maximum absolute atomic E-state index is 3.65. The van der Waals surface area contributed by atoms with E-state index in [1.165, 1.54) is 22.9 Å². The van der Waals surface area contributed by atoms with E-state index in [1.807, 2.05) is 0 Å². The Balaban J connectivity index is 2.16. The third kappa shape index (κ3) is 1.98. The number of hydrogen-bond donors (Lipinski definition) is 1. The molecule has 2 rings (SSSR count). The van der Waals surface area contributed by atoms with Crippen molar-refractivity contribution in [1.29, 1.82) is 0 Å². The largest absolute Gasteiger partial charge is 0.317 e. The van der Waals surface area contributed by atoms with Gasteiger partial charge < -0.3 is 5.32 Å². The first kappa shape index (κ1) is 11.2. The van der Waals surface area contributed by atoms with Crippen LogP contribution in [0.15, 0.2) is 28.7 Å². The second kappa shape index (κ2) is 4.67. The zero-order valence-electron chi connectivity index (χ0n) is 9.33. The lowest BCUT2D eigenvalue weighted by atomic mass is 9.65. The summed E-state index contributed by atoms with van der Waals surface area (Å²) in [5, 5.41) is 3.41. The summed E-state index contributed by atoms with van der Waals surface area (Å²) in [6.45, 7) is 2.29. The molecule has 1 N–H and O–H groups in total. The number of rotatable bonds is 3. The van der Waals surface area contributed by atoms with Crippen LogP contribution in [0.4, 0.5) is 0 Å². The van der Waals surface area contributed by atoms with Crippen LogP contribution in [0.25, 0.3) is 0 Å². The molecule has 0 radical (unpaired) electrons. The third-order valence-electron chi connectivity index (χ3n) is 3.69. The molecule has 15 heavy (non-hydrogen) atoms. The average molecular weight is 268 g/mol. The van der Waals surface area contributed by atoms with Gasteiger partial charge in [0.1, 0.15) is 0 Å². The molecule has 1 nitrogen and oxygen atoms in total. The molecule has 1 fully saturated rings. The molecule has 0 spiro atoms. The first-order valence-corrected chi connectivity index (χ1v) is 6.49. The van der Waals surface area contributed by atoms with Gasteiger partial charge in [-0.15, -0.1) is 0 Å². The molecule has 3 atom stereocenters. The van der Waals surface area contributed by atoms with Crippen molar-refractivity contribution in [2.24, 2.45) is 5.92 Å². The Bertz CT molecular complexity index is 337. The van der Waals surface area contributed by atoms with Gasteiger partial charge in [-0.3, -0.25) is 0 Å². The summed E-state index contributed by atoms with van der Waals surface area (Å²) in [6.07, 6.45) is 2.54. The van der Waals surface area contributed by atoms with E-state index in [0.29, 0.717) is 6.04 Å². The SMILES string of the molecule is CCC1C(NC)CC1c1ccccc1Br. The van der Waals surface area contributed by atoms with Crippen molar-refractivity contribution in [1.82, 2.24) is 5.32 Å². The summed E-state index contributed by atoms with van der Waals surface area (Å²) < 4.78 is 1.27. The lowest BCUT2D eigenvalue weighted by Crippen LogP contribution is -2.47. The zero-order valence-corrected chi connectivity index (χ0v) is 10.9. The first-order chi connectivity index (χ1) is 7.27. The molecule has 1 aliphatic rings. The van der Waals surface area contributed by atoms with Gasteiger partial charge in [0.25, 0.3) is 0 Å². The van der Waals surface area contributed by atoms with Crippen molar-refractivity contribution < 1.29 is 0 Å². The van der Waals surface area contributed by atoms with Gasteiger partial charge in [0.2, 0.25) is 0 Å². The number of hydrogen-bond acceptors (Lipinski definition) is 1. The topological polar surface area (TPSA) is 12.0 Å². The second-order valence-corrected chi connectivity index (χ2v) is 5.19. The van der Waals surface area contributed by atoms with Gasteiger partial charge >= 0.3 is 0 Å². The van der Waals surface area contributed by atoms with Crippen molar-refractivity contribution in [2.75, 3.05) is 7.05 Å². The summed E-state index contributed by atoms with van der Waals surface area (Å²) in [4.78, 5) is 0. The molecule has 1 aromatic carbocycles. The molecule has 0 saturated heterocycles. The van der Waals surface area contributed by atoms with Crippen LogP contribution in [0.2, 0.25) is 0 Å². The number of halogens is 1. The van der Waals surface area contributed by atoms with Crippen molar-refractivity contribution in [2.45, 2.75) is 31.7 Å². The lowest BCUT2D eigenvalue weighted by molar-refractivity contribution is 0.168. The van der Waals surface area contributed by atoms with Gasteiger partial charge in [0, 0.05) is 10.5 Å². The minimum absolute atomic E-state index is 0.715. The van der Waals surface area contributed by atoms with Gasteiger partial charge in [-0.25, -0.2) is 0 Å². The van der Waals surface area contributed by atoms with Crippen LogP contribution in [-0.4, -0.2) is 13.1 Å². The van der Waals surface area contributed by atoms with Crippen molar-refractivity contribution in [3.63, 3.8) is 0 Å². The average Bonchev–Trinajstić information content (AvgIpc) is 2.21. The van der Waals surface area contributed by atoms with Crippen LogP contribution in [0.1, 0.15) is 31.2 Å². The third-order valence-corrected chi connectivity index (χ3v) is 4.41. The molecule has 0 heterocycles. The van der Waals surface area contributed by atoms with Crippen molar-refractivity contribution in [3.05, 3.63) is 34.3 Å². The highest BCUT2D eigenvalue weighted by Crippen LogP contribution is 2.46. The van der Waals surface area contributed by atoms with E-state index in [-0.39, 0.29) is 0 Å². The summed E-state index contributed by atoms with van der Waals surface area (Å²) in [5.74, 6) is 1.54. The van der Waals surface area contributed by atoms with Crippen LogP contribution < -0.4 is 5.32 Å². The number of benzene rings is 1. The minimum atomic E-state index is 0.715. The van der Waals surface area contributed by atoms with Crippen LogP contribution in [0.5, 0.6) is 0 Å². The van der Waals surface area contributed by atoms with Gasteiger partial charge in [0.05, 0.1) is 0 Å². The molecule has 1 saturated carbocycles. The predicted octanol–water partition coefficient (Wildman–Crippen LogP) is 3.55. The maximum atomic E-state index is 3.65. The zero-order chi connectivity index (χ0) is 10.8. The van der Waals surface area contributed by atoms with Crippen LogP contribution in [0, 0.1) is 5.92 Å². The van der Waals surface area contributed by atoms with Crippen LogP contribution in [-0.2, 0) is 0 Å². The Morgan fingerprint density at radius 2 is 2.13 bits per heavy atom. The summed E-state index contributed by atoms with van der Waals surface area (Å²) in [6, 6.07) is 9.34. The van der Waals surface area contributed by atoms with E-state index in [4.69, 9.17) is 0 Å². The Labute approximate surface area is 100 Å². The molecule has 0 aliphatic heterocycles. The quantitative estimate of drug-likeness (QED) is 0.884. The van der Waals surface area contributed by atoms with E-state index in [1.54, 1.807) is 0 Å². The lowest BCUT2D eigenvalue weighted by Gasteiger charge is -2.45. The molecule has 1 aromatic rings.